The molecule has 0 aromatic heterocycles. The Balaban J connectivity index is 2.87. The highest BCUT2D eigenvalue weighted by Crippen LogP contribution is 2.25. The Hall–Kier alpha value is -0.610. The largest absolute Gasteiger partial charge is 0.340 e. The number of hydrogen-bond acceptors (Lipinski definition) is 3. The van der Waals surface area contributed by atoms with Crippen LogP contribution in [0.3, 0.4) is 0 Å². The van der Waals surface area contributed by atoms with Crippen LogP contribution in [0.15, 0.2) is 0 Å². The lowest BCUT2D eigenvalue weighted by molar-refractivity contribution is -0.148. The molecule has 1 heterocycles. The molecule has 0 spiro atoms. The third-order valence-electron chi connectivity index (χ3n) is 3.66. The lowest BCUT2D eigenvalue weighted by atomic mass is 9.95. The van der Waals surface area contributed by atoms with Gasteiger partial charge in [-0.15, -0.1) is 0 Å². The van der Waals surface area contributed by atoms with Crippen LogP contribution in [0.5, 0.6) is 0 Å². The fourth-order valence-electron chi connectivity index (χ4n) is 2.42. The monoisotopic (exact) mass is 241 g/mol. The van der Waals surface area contributed by atoms with Gasteiger partial charge in [0, 0.05) is 25.2 Å². The van der Waals surface area contributed by atoms with Gasteiger partial charge in [0.25, 0.3) is 0 Å². The number of nitrogens with zero attached hydrogens (tertiary/aromatic N) is 2. The van der Waals surface area contributed by atoms with Gasteiger partial charge in [0.15, 0.2) is 0 Å². The molecule has 1 amide bonds. The molecule has 100 valence electrons. The first kappa shape index (κ1) is 14.5. The molecule has 0 bridgehead atoms. The molecule has 0 saturated carbocycles. The summed E-state index contributed by atoms with van der Waals surface area (Å²) < 4.78 is 0. The van der Waals surface area contributed by atoms with Gasteiger partial charge in [-0.05, 0) is 47.7 Å². The van der Waals surface area contributed by atoms with Gasteiger partial charge in [0.05, 0.1) is 6.04 Å². The zero-order valence-corrected chi connectivity index (χ0v) is 12.1. The Bertz CT molecular complexity index is 272. The minimum atomic E-state index is 0.0173. The molecule has 1 saturated heterocycles. The van der Waals surface area contributed by atoms with E-state index in [4.69, 9.17) is 0 Å². The Kier molecular flexibility index (Phi) is 4.55. The number of carbonyl (C=O) groups excluding carboxylic acids is 1. The quantitative estimate of drug-likeness (QED) is 0.798. The first-order valence-electron chi connectivity index (χ1n) is 6.47. The molecule has 1 aliphatic heterocycles. The Morgan fingerprint density at radius 1 is 1.41 bits per heavy atom. The summed E-state index contributed by atoms with van der Waals surface area (Å²) in [7, 11) is 3.85. The molecule has 4 heteroatoms. The Morgan fingerprint density at radius 3 is 2.47 bits per heavy atom. The van der Waals surface area contributed by atoms with E-state index in [1.165, 1.54) is 0 Å². The summed E-state index contributed by atoms with van der Waals surface area (Å²) >= 11 is 0. The molecular formula is C13H27N3O. The molecule has 4 nitrogen and oxygen atoms in total. The van der Waals surface area contributed by atoms with Gasteiger partial charge >= 0.3 is 0 Å². The van der Waals surface area contributed by atoms with Gasteiger partial charge in [-0.2, -0.15) is 0 Å². The number of nitrogens with one attached hydrogen (secondary N) is 1. The minimum Gasteiger partial charge on any atom is -0.340 e. The number of amides is 1. The highest BCUT2D eigenvalue weighted by Gasteiger charge is 2.40. The highest BCUT2D eigenvalue weighted by atomic mass is 16.2. The molecule has 0 aromatic rings. The van der Waals surface area contributed by atoms with E-state index < -0.39 is 0 Å². The SMILES string of the molecule is CNCCC1C(=O)N(C)C(C)CN1C(C)(C)C. The second-order valence-corrected chi connectivity index (χ2v) is 6.03. The van der Waals surface area contributed by atoms with Crippen LogP contribution in [-0.2, 0) is 4.79 Å². The van der Waals surface area contributed by atoms with E-state index in [1.54, 1.807) is 0 Å². The molecule has 2 unspecified atom stereocenters. The fraction of sp³-hybridized carbons (Fsp3) is 0.923. The number of hydrogen-bond donors (Lipinski definition) is 1. The predicted molar refractivity (Wildman–Crippen MR) is 71.0 cm³/mol. The van der Waals surface area contributed by atoms with Gasteiger partial charge in [-0.1, -0.05) is 0 Å². The van der Waals surface area contributed by atoms with Crippen LogP contribution in [-0.4, -0.2) is 60.5 Å². The van der Waals surface area contributed by atoms with Crippen molar-refractivity contribution in [3.8, 4) is 0 Å². The number of likely N-dealkylation sites (N-methyl/N-ethyl adjacent to an activating group) is 1. The van der Waals surface area contributed by atoms with Crippen LogP contribution in [0.2, 0.25) is 0 Å². The first-order valence-corrected chi connectivity index (χ1v) is 6.47. The van der Waals surface area contributed by atoms with E-state index in [-0.39, 0.29) is 17.5 Å². The maximum absolute atomic E-state index is 12.4. The molecule has 2 atom stereocenters. The molecule has 1 fully saturated rings. The maximum atomic E-state index is 12.4. The molecule has 0 aliphatic carbocycles. The van der Waals surface area contributed by atoms with E-state index in [1.807, 2.05) is 19.0 Å². The van der Waals surface area contributed by atoms with Gasteiger partial charge < -0.3 is 10.2 Å². The fourth-order valence-corrected chi connectivity index (χ4v) is 2.42. The van der Waals surface area contributed by atoms with Crippen LogP contribution in [0.25, 0.3) is 0 Å². The summed E-state index contributed by atoms with van der Waals surface area (Å²) in [6.07, 6.45) is 0.879. The summed E-state index contributed by atoms with van der Waals surface area (Å²) in [5, 5.41) is 3.14. The van der Waals surface area contributed by atoms with E-state index in [9.17, 15) is 4.79 Å². The van der Waals surface area contributed by atoms with Crippen molar-refractivity contribution in [1.29, 1.82) is 0 Å². The number of rotatable bonds is 3. The highest BCUT2D eigenvalue weighted by molar-refractivity contribution is 5.82. The Labute approximate surface area is 105 Å². The molecule has 0 radical (unpaired) electrons. The van der Waals surface area contributed by atoms with Crippen LogP contribution in [0, 0.1) is 0 Å². The third kappa shape index (κ3) is 3.19. The molecule has 1 rings (SSSR count). The second kappa shape index (κ2) is 5.36. The predicted octanol–water partition coefficient (Wildman–Crippen LogP) is 0.926. The van der Waals surface area contributed by atoms with Crippen molar-refractivity contribution in [3.63, 3.8) is 0 Å². The van der Waals surface area contributed by atoms with E-state index in [0.717, 1.165) is 19.5 Å². The molecule has 0 aromatic carbocycles. The average Bonchev–Trinajstić information content (AvgIpc) is 2.23. The first-order chi connectivity index (χ1) is 7.79. The van der Waals surface area contributed by atoms with Crippen LogP contribution in [0.4, 0.5) is 0 Å². The summed E-state index contributed by atoms with van der Waals surface area (Å²) in [5.74, 6) is 0.258. The summed E-state index contributed by atoms with van der Waals surface area (Å²) in [5.41, 5.74) is 0.0452. The smallest absolute Gasteiger partial charge is 0.240 e. The lowest BCUT2D eigenvalue weighted by Gasteiger charge is -2.49. The number of piperazine rings is 1. The molecule has 1 N–H and O–H groups in total. The van der Waals surface area contributed by atoms with Crippen molar-refractivity contribution in [2.24, 2.45) is 0 Å². The number of carbonyl (C=O) groups is 1. The molecule has 1 aliphatic rings. The van der Waals surface area contributed by atoms with Crippen LogP contribution >= 0.6 is 0 Å². The van der Waals surface area contributed by atoms with E-state index in [0.29, 0.717) is 6.04 Å². The molecular weight excluding hydrogens is 214 g/mol. The van der Waals surface area contributed by atoms with Crippen molar-refractivity contribution < 1.29 is 4.79 Å². The van der Waals surface area contributed by atoms with Crippen molar-refractivity contribution >= 4 is 5.91 Å². The van der Waals surface area contributed by atoms with Crippen LogP contribution < -0.4 is 5.32 Å². The van der Waals surface area contributed by atoms with E-state index >= 15 is 0 Å². The standard InChI is InChI=1S/C13H27N3O/c1-10-9-16(13(2,3)4)11(7-8-14-5)12(17)15(10)6/h10-11,14H,7-9H2,1-6H3. The van der Waals surface area contributed by atoms with E-state index in [2.05, 4.69) is 37.9 Å². The van der Waals surface area contributed by atoms with Crippen molar-refractivity contribution in [1.82, 2.24) is 15.1 Å². The summed E-state index contributed by atoms with van der Waals surface area (Å²) in [4.78, 5) is 16.6. The van der Waals surface area contributed by atoms with Gasteiger partial charge in [-0.25, -0.2) is 0 Å². The van der Waals surface area contributed by atoms with Crippen molar-refractivity contribution in [2.45, 2.75) is 51.7 Å². The summed E-state index contributed by atoms with van der Waals surface area (Å²) in [6.45, 7) is 10.5. The zero-order valence-electron chi connectivity index (χ0n) is 12.1. The molecule has 17 heavy (non-hydrogen) atoms. The second-order valence-electron chi connectivity index (χ2n) is 6.03. The zero-order chi connectivity index (χ0) is 13.2. The van der Waals surface area contributed by atoms with Gasteiger partial charge in [-0.3, -0.25) is 9.69 Å². The topological polar surface area (TPSA) is 35.6 Å². The third-order valence-corrected chi connectivity index (χ3v) is 3.66. The normalized spacial score (nSPS) is 27.6. The Morgan fingerprint density at radius 2 is 2.00 bits per heavy atom. The average molecular weight is 241 g/mol. The summed E-state index contributed by atoms with van der Waals surface area (Å²) in [6, 6.07) is 0.316. The minimum absolute atomic E-state index is 0.0173. The maximum Gasteiger partial charge on any atom is 0.240 e. The van der Waals surface area contributed by atoms with Crippen molar-refractivity contribution in [3.05, 3.63) is 0 Å². The van der Waals surface area contributed by atoms with Crippen LogP contribution in [0.1, 0.15) is 34.1 Å². The van der Waals surface area contributed by atoms with Gasteiger partial charge in [0.1, 0.15) is 0 Å². The van der Waals surface area contributed by atoms with Gasteiger partial charge in [0.2, 0.25) is 5.91 Å². The van der Waals surface area contributed by atoms with Crippen molar-refractivity contribution in [2.75, 3.05) is 27.2 Å². The lowest BCUT2D eigenvalue weighted by Crippen LogP contribution is -2.64.